The van der Waals surface area contributed by atoms with Crippen molar-refractivity contribution >= 4 is 35.0 Å². The molecule has 1 aromatic rings. The van der Waals surface area contributed by atoms with Gasteiger partial charge < -0.3 is 11.1 Å². The average molecular weight is 311 g/mol. The zero-order valence-electron chi connectivity index (χ0n) is 11.7. The number of terminal acetylenes is 1. The number of nitrogen functional groups attached to an aromatic ring is 1. The number of carbonyl (C=O) groups is 1. The second-order valence-corrected chi connectivity index (χ2v) is 5.82. The number of carbonyl (C=O) groups excluding carboxylic acids is 1. The number of halogens is 1. The van der Waals surface area contributed by atoms with Gasteiger partial charge in [0.1, 0.15) is 5.54 Å². The summed E-state index contributed by atoms with van der Waals surface area (Å²) in [5, 5.41) is 3.46. The predicted octanol–water partition coefficient (Wildman–Crippen LogP) is 3.32. The summed E-state index contributed by atoms with van der Waals surface area (Å²) in [6, 6.07) is 5.29. The van der Waals surface area contributed by atoms with Crippen molar-refractivity contribution in [3.63, 3.8) is 0 Å². The second kappa shape index (κ2) is 7.47. The van der Waals surface area contributed by atoms with E-state index in [2.05, 4.69) is 11.2 Å². The molecule has 0 bridgehead atoms. The van der Waals surface area contributed by atoms with Gasteiger partial charge in [0, 0.05) is 10.6 Å². The van der Waals surface area contributed by atoms with Gasteiger partial charge in [0.15, 0.2) is 0 Å². The lowest BCUT2D eigenvalue weighted by atomic mass is 9.94. The molecule has 1 rings (SSSR count). The quantitative estimate of drug-likeness (QED) is 0.481. The molecule has 0 aliphatic rings. The highest BCUT2D eigenvalue weighted by molar-refractivity contribution is 8.00. The van der Waals surface area contributed by atoms with Gasteiger partial charge in [-0.05, 0) is 25.0 Å². The molecule has 0 unspecified atom stereocenters. The van der Waals surface area contributed by atoms with E-state index >= 15 is 0 Å². The van der Waals surface area contributed by atoms with Gasteiger partial charge in [0.2, 0.25) is 5.91 Å². The summed E-state index contributed by atoms with van der Waals surface area (Å²) in [5.41, 5.74) is 5.85. The van der Waals surface area contributed by atoms with Gasteiger partial charge in [-0.2, -0.15) is 0 Å². The van der Waals surface area contributed by atoms with E-state index in [0.717, 1.165) is 4.90 Å². The van der Waals surface area contributed by atoms with E-state index in [9.17, 15) is 4.79 Å². The fourth-order valence-electron chi connectivity index (χ4n) is 1.79. The van der Waals surface area contributed by atoms with Crippen LogP contribution >= 0.6 is 23.4 Å². The number of thioether (sulfide) groups is 1. The number of anilines is 1. The Kier molecular flexibility index (Phi) is 6.25. The minimum Gasteiger partial charge on any atom is -0.398 e. The van der Waals surface area contributed by atoms with Gasteiger partial charge in [0.25, 0.3) is 0 Å². The van der Waals surface area contributed by atoms with Crippen LogP contribution in [-0.4, -0.2) is 17.2 Å². The lowest BCUT2D eigenvalue weighted by Gasteiger charge is -2.27. The van der Waals surface area contributed by atoms with Crippen LogP contribution in [-0.2, 0) is 4.79 Å². The van der Waals surface area contributed by atoms with Gasteiger partial charge >= 0.3 is 0 Å². The van der Waals surface area contributed by atoms with Crippen molar-refractivity contribution in [3.05, 3.63) is 23.2 Å². The molecule has 0 heterocycles. The summed E-state index contributed by atoms with van der Waals surface area (Å²) >= 11 is 7.38. The van der Waals surface area contributed by atoms with Crippen LogP contribution in [0.5, 0.6) is 0 Å². The van der Waals surface area contributed by atoms with Crippen LogP contribution in [0, 0.1) is 12.3 Å². The van der Waals surface area contributed by atoms with E-state index in [4.69, 9.17) is 23.8 Å². The van der Waals surface area contributed by atoms with Crippen LogP contribution in [0.15, 0.2) is 23.1 Å². The molecule has 0 radical (unpaired) electrons. The Morgan fingerprint density at radius 1 is 1.50 bits per heavy atom. The van der Waals surface area contributed by atoms with Crippen molar-refractivity contribution in [1.29, 1.82) is 0 Å². The molecule has 1 amide bonds. The minimum absolute atomic E-state index is 0.115. The van der Waals surface area contributed by atoms with Crippen molar-refractivity contribution in [2.24, 2.45) is 0 Å². The first kappa shape index (κ1) is 16.7. The van der Waals surface area contributed by atoms with E-state index in [-0.39, 0.29) is 11.7 Å². The summed E-state index contributed by atoms with van der Waals surface area (Å²) in [7, 11) is 0. The maximum absolute atomic E-state index is 12.0. The van der Waals surface area contributed by atoms with Crippen LogP contribution in [0.2, 0.25) is 5.02 Å². The molecular formula is C15H19ClN2OS. The molecule has 0 spiro atoms. The van der Waals surface area contributed by atoms with Crippen molar-refractivity contribution < 1.29 is 4.79 Å². The molecule has 0 saturated carbocycles. The average Bonchev–Trinajstić information content (AvgIpc) is 2.44. The maximum Gasteiger partial charge on any atom is 0.231 e. The highest BCUT2D eigenvalue weighted by Gasteiger charge is 2.25. The molecule has 108 valence electrons. The van der Waals surface area contributed by atoms with Gasteiger partial charge in [-0.1, -0.05) is 37.4 Å². The summed E-state index contributed by atoms with van der Waals surface area (Å²) in [4.78, 5) is 12.7. The van der Waals surface area contributed by atoms with E-state index in [1.54, 1.807) is 18.2 Å². The number of nitrogens with one attached hydrogen (secondary N) is 1. The molecule has 0 fully saturated rings. The Morgan fingerprint density at radius 3 is 2.65 bits per heavy atom. The molecule has 0 aliphatic carbocycles. The Balaban J connectivity index is 2.67. The number of hydrogen-bond donors (Lipinski definition) is 2. The number of rotatable bonds is 6. The monoisotopic (exact) mass is 310 g/mol. The largest absolute Gasteiger partial charge is 0.398 e. The third kappa shape index (κ3) is 4.09. The van der Waals surface area contributed by atoms with Crippen LogP contribution in [0.1, 0.15) is 26.7 Å². The van der Waals surface area contributed by atoms with Gasteiger partial charge in [0.05, 0.1) is 10.8 Å². The van der Waals surface area contributed by atoms with E-state index < -0.39 is 5.54 Å². The molecule has 3 nitrogen and oxygen atoms in total. The van der Waals surface area contributed by atoms with Crippen LogP contribution in [0.3, 0.4) is 0 Å². The van der Waals surface area contributed by atoms with Gasteiger partial charge in [-0.3, -0.25) is 4.79 Å². The zero-order chi connectivity index (χ0) is 15.2. The highest BCUT2D eigenvalue weighted by Crippen LogP contribution is 2.32. The molecule has 0 atom stereocenters. The standard InChI is InChI=1S/C15H19ClN2OS/c1-4-15(5-2,6-3)18-13(19)10-20-14-11(16)8-7-9-12(14)17/h1,7-9H,5-6,10,17H2,2-3H3,(H,18,19). The zero-order valence-corrected chi connectivity index (χ0v) is 13.3. The smallest absolute Gasteiger partial charge is 0.231 e. The predicted molar refractivity (Wildman–Crippen MR) is 86.9 cm³/mol. The lowest BCUT2D eigenvalue weighted by molar-refractivity contribution is -0.119. The third-order valence-corrected chi connectivity index (χ3v) is 4.78. The SMILES string of the molecule is C#CC(CC)(CC)NC(=O)CSc1c(N)cccc1Cl. The Bertz CT molecular complexity index is 501. The van der Waals surface area contributed by atoms with Crippen molar-refractivity contribution in [2.45, 2.75) is 37.1 Å². The molecule has 0 aliphatic heterocycles. The topological polar surface area (TPSA) is 55.1 Å². The summed E-state index contributed by atoms with van der Waals surface area (Å²) < 4.78 is 0. The maximum atomic E-state index is 12.0. The lowest BCUT2D eigenvalue weighted by Crippen LogP contribution is -2.47. The molecule has 0 saturated heterocycles. The molecule has 0 aromatic heterocycles. The summed E-state index contributed by atoms with van der Waals surface area (Å²) in [6.45, 7) is 3.92. The number of benzene rings is 1. The Labute approximate surface area is 129 Å². The Hall–Kier alpha value is -1.31. The fourth-order valence-corrected chi connectivity index (χ4v) is 2.92. The number of amides is 1. The number of hydrogen-bond acceptors (Lipinski definition) is 3. The summed E-state index contributed by atoms with van der Waals surface area (Å²) in [5.74, 6) is 2.79. The van der Waals surface area contributed by atoms with Gasteiger partial charge in [-0.25, -0.2) is 0 Å². The number of nitrogens with two attached hydrogens (primary N) is 1. The minimum atomic E-state index is -0.566. The first-order valence-corrected chi connectivity index (χ1v) is 7.80. The van der Waals surface area contributed by atoms with Crippen LogP contribution in [0.25, 0.3) is 0 Å². The second-order valence-electron chi connectivity index (χ2n) is 4.43. The van der Waals surface area contributed by atoms with Crippen LogP contribution < -0.4 is 11.1 Å². The molecular weight excluding hydrogens is 292 g/mol. The van der Waals surface area contributed by atoms with E-state index in [1.165, 1.54) is 11.8 Å². The molecule has 3 N–H and O–H groups in total. The molecule has 1 aromatic carbocycles. The molecule has 5 heteroatoms. The normalized spacial score (nSPS) is 10.9. The van der Waals surface area contributed by atoms with E-state index in [0.29, 0.717) is 23.6 Å². The van der Waals surface area contributed by atoms with Crippen molar-refractivity contribution in [1.82, 2.24) is 5.32 Å². The third-order valence-electron chi connectivity index (χ3n) is 3.21. The van der Waals surface area contributed by atoms with E-state index in [1.807, 2.05) is 13.8 Å². The first-order valence-electron chi connectivity index (χ1n) is 6.43. The molecule has 20 heavy (non-hydrogen) atoms. The highest BCUT2D eigenvalue weighted by atomic mass is 35.5. The Morgan fingerprint density at radius 2 is 2.15 bits per heavy atom. The van der Waals surface area contributed by atoms with Crippen molar-refractivity contribution in [2.75, 3.05) is 11.5 Å². The van der Waals surface area contributed by atoms with Crippen LogP contribution in [0.4, 0.5) is 5.69 Å². The first-order chi connectivity index (χ1) is 9.48. The van der Waals surface area contributed by atoms with Gasteiger partial charge in [-0.15, -0.1) is 18.2 Å². The summed E-state index contributed by atoms with van der Waals surface area (Å²) in [6.07, 6.45) is 6.92. The van der Waals surface area contributed by atoms with Crippen molar-refractivity contribution in [3.8, 4) is 12.3 Å². The fraction of sp³-hybridized carbons (Fsp3) is 0.400.